The van der Waals surface area contributed by atoms with Crippen LogP contribution in [0, 0.1) is 13.8 Å². The molecule has 1 aromatic heterocycles. The predicted molar refractivity (Wildman–Crippen MR) is 119 cm³/mol. The van der Waals surface area contributed by atoms with Gasteiger partial charge in [0.1, 0.15) is 5.75 Å². The molecule has 3 rings (SSSR count). The van der Waals surface area contributed by atoms with Gasteiger partial charge in [0.05, 0.1) is 11.5 Å². The lowest BCUT2D eigenvalue weighted by molar-refractivity contribution is 0.0993. The van der Waals surface area contributed by atoms with E-state index in [2.05, 4.69) is 14.9 Å². The highest BCUT2D eigenvalue weighted by Gasteiger charge is 2.20. The minimum Gasteiger partial charge on any atom is -0.484 e. The highest BCUT2D eigenvalue weighted by Crippen LogP contribution is 2.26. The summed E-state index contributed by atoms with van der Waals surface area (Å²) < 4.78 is 36.3. The molecule has 31 heavy (non-hydrogen) atoms. The molecule has 3 aromatic rings. The van der Waals surface area contributed by atoms with E-state index in [0.29, 0.717) is 17.1 Å². The number of rotatable bonds is 9. The van der Waals surface area contributed by atoms with Gasteiger partial charge in [0.25, 0.3) is 11.1 Å². The van der Waals surface area contributed by atoms with E-state index >= 15 is 0 Å². The average Bonchev–Trinajstić information content (AvgIpc) is 3.14. The summed E-state index contributed by atoms with van der Waals surface area (Å²) in [4.78, 5) is 12.7. The number of benzene rings is 2. The van der Waals surface area contributed by atoms with Crippen molar-refractivity contribution in [2.45, 2.75) is 37.9 Å². The second-order valence-electron chi connectivity index (χ2n) is 7.10. The fourth-order valence-corrected chi connectivity index (χ4v) is 4.04. The van der Waals surface area contributed by atoms with E-state index in [0.717, 1.165) is 34.9 Å². The Morgan fingerprint density at radius 3 is 2.55 bits per heavy atom. The Kier molecular flexibility index (Phi) is 7.01. The maximum atomic E-state index is 12.7. The fraction of sp³-hybridized carbons (Fsp3) is 0.286. The molecule has 8 nitrogen and oxygen atoms in total. The number of thioether (sulfide) groups is 1. The van der Waals surface area contributed by atoms with E-state index in [1.54, 1.807) is 31.2 Å². The lowest BCUT2D eigenvalue weighted by Gasteiger charge is -2.09. The van der Waals surface area contributed by atoms with Gasteiger partial charge in [-0.15, -0.1) is 10.2 Å². The van der Waals surface area contributed by atoms with E-state index in [-0.39, 0.29) is 17.6 Å². The van der Waals surface area contributed by atoms with E-state index in [1.165, 1.54) is 0 Å². The molecule has 0 unspecified atom stereocenters. The molecule has 0 bridgehead atoms. The molecule has 0 aliphatic rings. The minimum atomic E-state index is -3.37. The van der Waals surface area contributed by atoms with Gasteiger partial charge in [-0.2, -0.15) is 0 Å². The predicted octanol–water partition coefficient (Wildman–Crippen LogP) is 4.00. The molecule has 0 spiro atoms. The molecule has 1 heterocycles. The number of ketones is 1. The van der Waals surface area contributed by atoms with Crippen molar-refractivity contribution in [2.75, 3.05) is 11.0 Å². The number of nitrogens with zero attached hydrogens (tertiary/aromatic N) is 2. The summed E-state index contributed by atoms with van der Waals surface area (Å²) in [6, 6.07) is 12.2. The van der Waals surface area contributed by atoms with Crippen LogP contribution in [-0.2, 0) is 16.6 Å². The smallest absolute Gasteiger partial charge is 0.277 e. The monoisotopic (exact) mass is 461 g/mol. The first-order valence-electron chi connectivity index (χ1n) is 9.42. The van der Waals surface area contributed by atoms with Crippen LogP contribution in [0.25, 0.3) is 0 Å². The van der Waals surface area contributed by atoms with E-state index in [1.807, 2.05) is 32.0 Å². The van der Waals surface area contributed by atoms with Crippen molar-refractivity contribution in [1.29, 1.82) is 0 Å². The largest absolute Gasteiger partial charge is 0.484 e. The van der Waals surface area contributed by atoms with Crippen molar-refractivity contribution in [3.05, 3.63) is 65.0 Å². The van der Waals surface area contributed by atoms with Gasteiger partial charge in [-0.05, 0) is 62.2 Å². The number of ether oxygens (including phenoxy) is 1. The first-order chi connectivity index (χ1) is 14.6. The molecule has 164 valence electrons. The summed E-state index contributed by atoms with van der Waals surface area (Å²) in [6.07, 6.45) is 1.07. The molecular formula is C21H23N3O5S2. The van der Waals surface area contributed by atoms with Gasteiger partial charge in [-0.1, -0.05) is 23.9 Å². The van der Waals surface area contributed by atoms with E-state index in [9.17, 15) is 13.2 Å². The number of sulfonamides is 1. The van der Waals surface area contributed by atoms with Gasteiger partial charge in [-0.3, -0.25) is 9.52 Å². The second-order valence-corrected chi connectivity index (χ2v) is 10.1. The van der Waals surface area contributed by atoms with Crippen molar-refractivity contribution >= 4 is 33.3 Å². The lowest BCUT2D eigenvalue weighted by atomic mass is 10.1. The molecule has 0 radical (unpaired) electrons. The van der Waals surface area contributed by atoms with Gasteiger partial charge < -0.3 is 9.15 Å². The Morgan fingerprint density at radius 2 is 1.87 bits per heavy atom. The van der Waals surface area contributed by atoms with Crippen LogP contribution in [-0.4, -0.2) is 35.9 Å². The van der Waals surface area contributed by atoms with Crippen LogP contribution >= 0.6 is 11.8 Å². The third-order valence-electron chi connectivity index (χ3n) is 4.26. The fourth-order valence-electron chi connectivity index (χ4n) is 2.70. The molecule has 1 N–H and O–H groups in total. The molecule has 0 fully saturated rings. The third-order valence-corrected chi connectivity index (χ3v) is 5.80. The Morgan fingerprint density at radius 1 is 1.16 bits per heavy atom. The first-order valence-corrected chi connectivity index (χ1v) is 12.2. The Bertz CT molecular complexity index is 1170. The summed E-state index contributed by atoms with van der Waals surface area (Å²) in [5.41, 5.74) is 2.95. The highest BCUT2D eigenvalue weighted by atomic mass is 32.2. The zero-order chi connectivity index (χ0) is 22.6. The zero-order valence-corrected chi connectivity index (χ0v) is 19.2. The standard InChI is InChI=1S/C21H23N3O5S2/c1-13-5-6-14(2)18(11-13)28-12-19-22-23-21(29-19)30-15(3)20(25)16-7-9-17(10-8-16)24-31(4,26)27/h5-11,15,24H,12H2,1-4H3/t15-/m0/s1. The van der Waals surface area contributed by atoms with Gasteiger partial charge in [0.2, 0.25) is 10.0 Å². The quantitative estimate of drug-likeness (QED) is 0.376. The summed E-state index contributed by atoms with van der Waals surface area (Å²) in [7, 11) is -3.37. The molecule has 0 aliphatic heterocycles. The maximum absolute atomic E-state index is 12.7. The van der Waals surface area contributed by atoms with Crippen LogP contribution in [0.1, 0.15) is 34.3 Å². The number of hydrogen-bond donors (Lipinski definition) is 1. The van der Waals surface area contributed by atoms with Crippen LogP contribution < -0.4 is 9.46 Å². The van der Waals surface area contributed by atoms with Crippen molar-refractivity contribution in [3.8, 4) is 5.75 Å². The number of carbonyl (C=O) groups is 1. The SMILES string of the molecule is Cc1ccc(C)c(OCc2nnc(S[C@@H](C)C(=O)c3ccc(NS(C)(=O)=O)cc3)o2)c1. The van der Waals surface area contributed by atoms with Gasteiger partial charge in [-0.25, -0.2) is 8.42 Å². The molecule has 0 amide bonds. The normalized spacial score (nSPS) is 12.4. The summed E-state index contributed by atoms with van der Waals surface area (Å²) in [6.45, 7) is 5.82. The van der Waals surface area contributed by atoms with Gasteiger partial charge in [0, 0.05) is 11.3 Å². The number of hydrogen-bond acceptors (Lipinski definition) is 8. The number of aromatic nitrogens is 2. The highest BCUT2D eigenvalue weighted by molar-refractivity contribution is 8.00. The Hall–Kier alpha value is -2.85. The molecule has 1 atom stereocenters. The average molecular weight is 462 g/mol. The molecule has 2 aromatic carbocycles. The maximum Gasteiger partial charge on any atom is 0.277 e. The number of carbonyl (C=O) groups excluding carboxylic acids is 1. The number of anilines is 1. The summed E-state index contributed by atoms with van der Waals surface area (Å²) in [5.74, 6) is 0.936. The number of aryl methyl sites for hydroxylation is 2. The Balaban J connectivity index is 1.58. The molecule has 0 saturated carbocycles. The van der Waals surface area contributed by atoms with Crippen molar-refractivity contribution in [3.63, 3.8) is 0 Å². The van der Waals surface area contributed by atoms with Crippen LogP contribution in [0.2, 0.25) is 0 Å². The number of nitrogens with one attached hydrogen (secondary N) is 1. The molecular weight excluding hydrogens is 438 g/mol. The van der Waals surface area contributed by atoms with Gasteiger partial charge in [0.15, 0.2) is 12.4 Å². The van der Waals surface area contributed by atoms with Crippen molar-refractivity contribution in [2.24, 2.45) is 0 Å². The van der Waals surface area contributed by atoms with Crippen LogP contribution in [0.15, 0.2) is 52.1 Å². The number of Topliss-reactive ketones (excluding diaryl/α,β-unsaturated/α-hetero) is 1. The van der Waals surface area contributed by atoms with E-state index < -0.39 is 15.3 Å². The van der Waals surface area contributed by atoms with E-state index in [4.69, 9.17) is 9.15 Å². The molecule has 0 saturated heterocycles. The van der Waals surface area contributed by atoms with Crippen LogP contribution in [0.5, 0.6) is 5.75 Å². The summed E-state index contributed by atoms with van der Waals surface area (Å²) >= 11 is 1.15. The van der Waals surface area contributed by atoms with Gasteiger partial charge >= 0.3 is 0 Å². The molecule has 0 aliphatic carbocycles. The van der Waals surface area contributed by atoms with Crippen LogP contribution in [0.3, 0.4) is 0 Å². The second kappa shape index (κ2) is 9.52. The lowest BCUT2D eigenvalue weighted by Crippen LogP contribution is -2.14. The molecule has 10 heteroatoms. The first kappa shape index (κ1) is 22.8. The van der Waals surface area contributed by atoms with Crippen LogP contribution in [0.4, 0.5) is 5.69 Å². The topological polar surface area (TPSA) is 111 Å². The Labute approximate surface area is 185 Å². The third kappa shape index (κ3) is 6.56. The zero-order valence-electron chi connectivity index (χ0n) is 17.6. The summed E-state index contributed by atoms with van der Waals surface area (Å²) in [5, 5.41) is 7.75. The van der Waals surface area contributed by atoms with Crippen molar-refractivity contribution < 1.29 is 22.4 Å². The minimum absolute atomic E-state index is 0.134. The van der Waals surface area contributed by atoms with Crippen molar-refractivity contribution in [1.82, 2.24) is 10.2 Å².